The zero-order valence-electron chi connectivity index (χ0n) is 18.6. The van der Waals surface area contributed by atoms with E-state index < -0.39 is 5.91 Å². The fourth-order valence-electron chi connectivity index (χ4n) is 3.60. The molecule has 1 aromatic heterocycles. The van der Waals surface area contributed by atoms with Gasteiger partial charge >= 0.3 is 0 Å². The van der Waals surface area contributed by atoms with E-state index in [0.717, 1.165) is 25.7 Å². The van der Waals surface area contributed by atoms with Crippen molar-refractivity contribution in [3.8, 4) is 5.75 Å². The molecule has 0 radical (unpaired) electrons. The molecule has 1 aliphatic rings. The van der Waals surface area contributed by atoms with Gasteiger partial charge in [0, 0.05) is 35.4 Å². The van der Waals surface area contributed by atoms with Crippen molar-refractivity contribution < 1.29 is 9.53 Å². The first-order chi connectivity index (χ1) is 16.0. The van der Waals surface area contributed by atoms with E-state index in [-0.39, 0.29) is 23.1 Å². The summed E-state index contributed by atoms with van der Waals surface area (Å²) in [6, 6.07) is 7.01. The van der Waals surface area contributed by atoms with Crippen molar-refractivity contribution in [2.45, 2.75) is 45.1 Å². The van der Waals surface area contributed by atoms with Gasteiger partial charge < -0.3 is 21.5 Å². The van der Waals surface area contributed by atoms with Gasteiger partial charge in [-0.2, -0.15) is 0 Å². The molecule has 33 heavy (non-hydrogen) atoms. The SMILES string of the molecule is CCOc1ccc(Cl)cc1C(N)=C(C=NC1CCCCC1)NC(=O)C(=CN)c1ncccn1. The molecule has 0 aliphatic heterocycles. The molecule has 1 aliphatic carbocycles. The summed E-state index contributed by atoms with van der Waals surface area (Å²) in [6.45, 7) is 2.33. The number of aromatic nitrogens is 2. The van der Waals surface area contributed by atoms with Crippen LogP contribution in [-0.4, -0.2) is 34.7 Å². The van der Waals surface area contributed by atoms with Gasteiger partial charge in [0.15, 0.2) is 5.82 Å². The fraction of sp³-hybridized carbons (Fsp3) is 0.333. The first-order valence-electron chi connectivity index (χ1n) is 11.0. The molecule has 0 spiro atoms. The van der Waals surface area contributed by atoms with Gasteiger partial charge in [0.05, 0.1) is 29.6 Å². The fourth-order valence-corrected chi connectivity index (χ4v) is 3.77. The molecule has 1 amide bonds. The number of nitrogens with one attached hydrogen (secondary N) is 1. The maximum absolute atomic E-state index is 13.1. The summed E-state index contributed by atoms with van der Waals surface area (Å²) in [5.74, 6) is 0.257. The molecule has 0 unspecified atom stereocenters. The van der Waals surface area contributed by atoms with E-state index in [1.807, 2.05) is 6.92 Å². The van der Waals surface area contributed by atoms with Crippen LogP contribution in [0.1, 0.15) is 50.4 Å². The average molecular weight is 469 g/mol. The number of rotatable bonds is 8. The highest BCUT2D eigenvalue weighted by atomic mass is 35.5. The van der Waals surface area contributed by atoms with Crippen LogP contribution in [0, 0.1) is 0 Å². The minimum Gasteiger partial charge on any atom is -0.493 e. The van der Waals surface area contributed by atoms with Crippen molar-refractivity contribution >= 4 is 35.0 Å². The Hall–Kier alpha value is -3.39. The lowest BCUT2D eigenvalue weighted by Crippen LogP contribution is -2.28. The summed E-state index contributed by atoms with van der Waals surface area (Å²) < 4.78 is 5.72. The predicted molar refractivity (Wildman–Crippen MR) is 131 cm³/mol. The number of carbonyl (C=O) groups excluding carboxylic acids is 1. The van der Waals surface area contributed by atoms with Crippen molar-refractivity contribution in [3.05, 3.63) is 65.0 Å². The molecule has 174 valence electrons. The third kappa shape index (κ3) is 6.55. The third-order valence-corrected chi connectivity index (χ3v) is 5.51. The van der Waals surface area contributed by atoms with Crippen LogP contribution >= 0.6 is 11.6 Å². The molecule has 2 aromatic rings. The van der Waals surface area contributed by atoms with Crippen molar-refractivity contribution in [2.75, 3.05) is 6.61 Å². The summed E-state index contributed by atoms with van der Waals surface area (Å²) in [4.78, 5) is 26.0. The second-order valence-corrected chi connectivity index (χ2v) is 8.01. The number of benzene rings is 1. The Morgan fingerprint density at radius 1 is 1.27 bits per heavy atom. The monoisotopic (exact) mass is 468 g/mol. The lowest BCUT2D eigenvalue weighted by molar-refractivity contribution is -0.114. The van der Waals surface area contributed by atoms with E-state index in [1.165, 1.54) is 25.0 Å². The van der Waals surface area contributed by atoms with Crippen molar-refractivity contribution in [2.24, 2.45) is 16.5 Å². The van der Waals surface area contributed by atoms with Gasteiger partial charge in [-0.05, 0) is 44.0 Å². The highest BCUT2D eigenvalue weighted by Gasteiger charge is 2.19. The number of allylic oxidation sites excluding steroid dienone is 1. The van der Waals surface area contributed by atoms with Gasteiger partial charge in [0.25, 0.3) is 5.91 Å². The normalized spacial score (nSPS) is 15.9. The largest absolute Gasteiger partial charge is 0.493 e. The zero-order valence-corrected chi connectivity index (χ0v) is 19.4. The van der Waals surface area contributed by atoms with Gasteiger partial charge in [0.2, 0.25) is 0 Å². The molecule has 5 N–H and O–H groups in total. The Bertz CT molecular complexity index is 1050. The zero-order chi connectivity index (χ0) is 23.6. The molecule has 0 atom stereocenters. The molecule has 8 nitrogen and oxygen atoms in total. The van der Waals surface area contributed by atoms with Crippen molar-refractivity contribution in [3.63, 3.8) is 0 Å². The quantitative estimate of drug-likeness (QED) is 0.400. The van der Waals surface area contributed by atoms with E-state index in [1.54, 1.807) is 30.5 Å². The molecule has 0 bridgehead atoms. The molecule has 3 rings (SSSR count). The summed E-state index contributed by atoms with van der Waals surface area (Å²) in [5, 5.41) is 3.32. The van der Waals surface area contributed by atoms with Gasteiger partial charge in [-0.15, -0.1) is 0 Å². The number of nitrogens with two attached hydrogens (primary N) is 2. The average Bonchev–Trinajstić information content (AvgIpc) is 2.84. The number of nitrogens with zero attached hydrogens (tertiary/aromatic N) is 3. The minimum atomic E-state index is -0.503. The number of hydrogen-bond acceptors (Lipinski definition) is 7. The lowest BCUT2D eigenvalue weighted by atomic mass is 9.96. The number of aliphatic imine (C=N–C) groups is 1. The van der Waals surface area contributed by atoms with Crippen LogP contribution in [-0.2, 0) is 4.79 Å². The number of halogens is 1. The molecular weight excluding hydrogens is 440 g/mol. The Morgan fingerprint density at radius 3 is 2.67 bits per heavy atom. The molecule has 9 heteroatoms. The van der Waals surface area contributed by atoms with Gasteiger partial charge in [0.1, 0.15) is 5.75 Å². The van der Waals surface area contributed by atoms with Crippen LogP contribution in [0.5, 0.6) is 5.75 Å². The second-order valence-electron chi connectivity index (χ2n) is 7.58. The van der Waals surface area contributed by atoms with Crippen LogP contribution in [0.25, 0.3) is 11.3 Å². The van der Waals surface area contributed by atoms with E-state index in [2.05, 4.69) is 15.3 Å². The molecule has 0 saturated heterocycles. The van der Waals surface area contributed by atoms with E-state index >= 15 is 0 Å². The number of hydrogen-bond donors (Lipinski definition) is 3. The summed E-state index contributed by atoms with van der Waals surface area (Å²) >= 11 is 6.23. The molecular formula is C24H29ClN6O2. The number of ether oxygens (including phenoxy) is 1. The van der Waals surface area contributed by atoms with Crippen LogP contribution in [0.2, 0.25) is 5.02 Å². The van der Waals surface area contributed by atoms with Crippen LogP contribution in [0.15, 0.2) is 53.5 Å². The topological polar surface area (TPSA) is 129 Å². The third-order valence-electron chi connectivity index (χ3n) is 5.28. The Labute approximate surface area is 198 Å². The summed E-state index contributed by atoms with van der Waals surface area (Å²) in [5.41, 5.74) is 13.5. The van der Waals surface area contributed by atoms with E-state index in [9.17, 15) is 4.79 Å². The van der Waals surface area contributed by atoms with Crippen LogP contribution in [0.3, 0.4) is 0 Å². The van der Waals surface area contributed by atoms with Gasteiger partial charge in [-0.1, -0.05) is 30.9 Å². The summed E-state index contributed by atoms with van der Waals surface area (Å²) in [6.07, 6.45) is 11.4. The Morgan fingerprint density at radius 2 is 2.00 bits per heavy atom. The van der Waals surface area contributed by atoms with Crippen molar-refractivity contribution in [1.82, 2.24) is 15.3 Å². The standard InChI is InChI=1S/C24H29ClN6O2/c1-2-33-21-10-9-16(25)13-18(21)22(27)20(15-30-17-7-4-3-5-8-17)31-24(32)19(14-26)23-28-11-6-12-29-23/h6,9-15,17H,2-5,7-8,26-27H2,1H3,(H,31,32). The first-order valence-corrected chi connectivity index (χ1v) is 11.4. The molecule has 1 saturated carbocycles. The summed E-state index contributed by atoms with van der Waals surface area (Å²) in [7, 11) is 0. The number of carbonyl (C=O) groups is 1. The molecule has 1 fully saturated rings. The predicted octanol–water partition coefficient (Wildman–Crippen LogP) is 3.68. The van der Waals surface area contributed by atoms with Crippen LogP contribution < -0.4 is 21.5 Å². The second kappa shape index (κ2) is 12.0. The molecule has 1 aromatic carbocycles. The first kappa shape index (κ1) is 24.3. The molecule has 1 heterocycles. The van der Waals surface area contributed by atoms with Gasteiger partial charge in [-0.3, -0.25) is 9.79 Å². The smallest absolute Gasteiger partial charge is 0.261 e. The lowest BCUT2D eigenvalue weighted by Gasteiger charge is -2.18. The van der Waals surface area contributed by atoms with E-state index in [0.29, 0.717) is 28.6 Å². The van der Waals surface area contributed by atoms with E-state index in [4.69, 9.17) is 32.8 Å². The Kier molecular flexibility index (Phi) is 8.83. The highest BCUT2D eigenvalue weighted by Crippen LogP contribution is 2.28. The number of amides is 1. The maximum atomic E-state index is 13.1. The maximum Gasteiger partial charge on any atom is 0.261 e. The Balaban J connectivity index is 1.99. The van der Waals surface area contributed by atoms with Crippen LogP contribution in [0.4, 0.5) is 0 Å². The highest BCUT2D eigenvalue weighted by molar-refractivity contribution is 6.30. The van der Waals surface area contributed by atoms with Gasteiger partial charge in [-0.25, -0.2) is 9.97 Å². The minimum absolute atomic E-state index is 0.114. The van der Waals surface area contributed by atoms with Crippen molar-refractivity contribution in [1.29, 1.82) is 0 Å².